The van der Waals surface area contributed by atoms with Gasteiger partial charge in [-0.1, -0.05) is 30.3 Å². The van der Waals surface area contributed by atoms with Crippen molar-refractivity contribution in [3.05, 3.63) is 96.4 Å². The standard InChI is InChI=1S/C23H18FN3O2/c1-29-20-13-11-19(12-14-20)27-22(15-21(26-27)16-5-3-2-4-6-16)23(28)25-18-9-7-17(24)8-10-18/h2-15H,1H3,(H,25,28). The topological polar surface area (TPSA) is 56.2 Å². The summed E-state index contributed by atoms with van der Waals surface area (Å²) < 4.78 is 19.9. The summed E-state index contributed by atoms with van der Waals surface area (Å²) in [6.07, 6.45) is 0. The molecule has 5 nitrogen and oxygen atoms in total. The van der Waals surface area contributed by atoms with Crippen LogP contribution in [-0.4, -0.2) is 22.8 Å². The fourth-order valence-corrected chi connectivity index (χ4v) is 2.94. The lowest BCUT2D eigenvalue weighted by molar-refractivity contribution is 0.101. The summed E-state index contributed by atoms with van der Waals surface area (Å²) in [6.45, 7) is 0. The van der Waals surface area contributed by atoms with Gasteiger partial charge in [-0.15, -0.1) is 0 Å². The quantitative estimate of drug-likeness (QED) is 0.528. The maximum absolute atomic E-state index is 13.1. The van der Waals surface area contributed by atoms with E-state index in [2.05, 4.69) is 10.4 Å². The van der Waals surface area contributed by atoms with E-state index in [1.807, 2.05) is 42.5 Å². The minimum absolute atomic E-state index is 0.345. The lowest BCUT2D eigenvalue weighted by Gasteiger charge is -2.09. The van der Waals surface area contributed by atoms with Crippen molar-refractivity contribution in [2.24, 2.45) is 0 Å². The molecule has 0 spiro atoms. The Morgan fingerprint density at radius 3 is 2.31 bits per heavy atom. The van der Waals surface area contributed by atoms with Gasteiger partial charge < -0.3 is 10.1 Å². The first-order valence-electron chi connectivity index (χ1n) is 9.01. The summed E-state index contributed by atoms with van der Waals surface area (Å²) in [5.74, 6) is 0.00116. The number of anilines is 1. The van der Waals surface area contributed by atoms with E-state index in [-0.39, 0.29) is 11.7 Å². The third-order valence-electron chi connectivity index (χ3n) is 4.43. The molecule has 0 bridgehead atoms. The summed E-state index contributed by atoms with van der Waals surface area (Å²) in [5.41, 5.74) is 3.15. The molecule has 0 saturated carbocycles. The van der Waals surface area contributed by atoms with E-state index in [0.717, 1.165) is 11.3 Å². The Kier molecular flexibility index (Phi) is 5.07. The average Bonchev–Trinajstić information content (AvgIpc) is 3.22. The monoisotopic (exact) mass is 387 g/mol. The number of halogens is 1. The molecule has 0 saturated heterocycles. The Bertz CT molecular complexity index is 1120. The van der Waals surface area contributed by atoms with Crippen molar-refractivity contribution in [2.45, 2.75) is 0 Å². The second kappa shape index (κ2) is 7.98. The lowest BCUT2D eigenvalue weighted by Crippen LogP contribution is -2.17. The van der Waals surface area contributed by atoms with Crippen LogP contribution in [0.2, 0.25) is 0 Å². The van der Waals surface area contributed by atoms with Crippen LogP contribution in [0, 0.1) is 5.82 Å². The molecule has 0 fully saturated rings. The van der Waals surface area contributed by atoms with Crippen molar-refractivity contribution >= 4 is 11.6 Å². The van der Waals surface area contributed by atoms with Crippen LogP contribution in [0.15, 0.2) is 84.9 Å². The third-order valence-corrected chi connectivity index (χ3v) is 4.43. The van der Waals surface area contributed by atoms with Crippen molar-refractivity contribution < 1.29 is 13.9 Å². The van der Waals surface area contributed by atoms with Crippen molar-refractivity contribution in [2.75, 3.05) is 12.4 Å². The molecule has 3 aromatic carbocycles. The van der Waals surface area contributed by atoms with Gasteiger partial charge in [-0.05, 0) is 54.6 Å². The molecular formula is C23H18FN3O2. The van der Waals surface area contributed by atoms with E-state index in [1.54, 1.807) is 30.0 Å². The number of hydrogen-bond acceptors (Lipinski definition) is 3. The first-order valence-corrected chi connectivity index (χ1v) is 9.01. The Balaban J connectivity index is 1.74. The molecule has 4 aromatic rings. The van der Waals surface area contributed by atoms with Crippen molar-refractivity contribution in [3.8, 4) is 22.7 Å². The van der Waals surface area contributed by atoms with Crippen LogP contribution >= 0.6 is 0 Å². The van der Waals surface area contributed by atoms with E-state index >= 15 is 0 Å². The average molecular weight is 387 g/mol. The number of benzene rings is 3. The zero-order valence-corrected chi connectivity index (χ0v) is 15.7. The van der Waals surface area contributed by atoms with Crippen LogP contribution in [0.3, 0.4) is 0 Å². The van der Waals surface area contributed by atoms with Gasteiger partial charge in [0.2, 0.25) is 0 Å². The minimum Gasteiger partial charge on any atom is -0.497 e. The summed E-state index contributed by atoms with van der Waals surface area (Å²) >= 11 is 0. The van der Waals surface area contributed by atoms with Gasteiger partial charge in [0, 0.05) is 11.3 Å². The molecule has 1 N–H and O–H groups in total. The molecular weight excluding hydrogens is 369 g/mol. The molecule has 6 heteroatoms. The minimum atomic E-state index is -0.363. The van der Waals surface area contributed by atoms with Crippen LogP contribution in [-0.2, 0) is 0 Å². The Morgan fingerprint density at radius 1 is 0.966 bits per heavy atom. The zero-order valence-electron chi connectivity index (χ0n) is 15.7. The van der Waals surface area contributed by atoms with Gasteiger partial charge >= 0.3 is 0 Å². The van der Waals surface area contributed by atoms with Gasteiger partial charge in [0.15, 0.2) is 0 Å². The number of carbonyl (C=O) groups excluding carboxylic acids is 1. The largest absolute Gasteiger partial charge is 0.497 e. The van der Waals surface area contributed by atoms with E-state index < -0.39 is 0 Å². The highest BCUT2D eigenvalue weighted by molar-refractivity contribution is 6.04. The van der Waals surface area contributed by atoms with Crippen LogP contribution in [0.5, 0.6) is 5.75 Å². The molecule has 0 aliphatic heterocycles. The number of nitrogens with zero attached hydrogens (tertiary/aromatic N) is 2. The predicted octanol–water partition coefficient (Wildman–Crippen LogP) is 4.94. The van der Waals surface area contributed by atoms with Gasteiger partial charge in [-0.3, -0.25) is 4.79 Å². The van der Waals surface area contributed by atoms with Crippen LogP contribution in [0.1, 0.15) is 10.5 Å². The number of hydrogen-bond donors (Lipinski definition) is 1. The second-order valence-electron chi connectivity index (χ2n) is 6.35. The van der Waals surface area contributed by atoms with Gasteiger partial charge in [0.25, 0.3) is 5.91 Å². The number of amides is 1. The highest BCUT2D eigenvalue weighted by Gasteiger charge is 2.18. The molecule has 0 aliphatic carbocycles. The highest BCUT2D eigenvalue weighted by Crippen LogP contribution is 2.24. The Labute approximate surface area is 167 Å². The van der Waals surface area contributed by atoms with E-state index in [4.69, 9.17) is 4.74 Å². The molecule has 0 unspecified atom stereocenters. The molecule has 29 heavy (non-hydrogen) atoms. The zero-order chi connectivity index (χ0) is 20.2. The number of ether oxygens (including phenoxy) is 1. The van der Waals surface area contributed by atoms with Crippen LogP contribution in [0.4, 0.5) is 10.1 Å². The Morgan fingerprint density at radius 2 is 1.66 bits per heavy atom. The summed E-state index contributed by atoms with van der Waals surface area (Å²) in [4.78, 5) is 13.0. The van der Waals surface area contributed by atoms with Crippen LogP contribution in [0.25, 0.3) is 16.9 Å². The normalized spacial score (nSPS) is 10.6. The van der Waals surface area contributed by atoms with E-state index in [0.29, 0.717) is 22.8 Å². The summed E-state index contributed by atoms with van der Waals surface area (Å²) in [7, 11) is 1.60. The number of rotatable bonds is 5. The molecule has 1 heterocycles. The van der Waals surface area contributed by atoms with Gasteiger partial charge in [0.1, 0.15) is 17.3 Å². The summed E-state index contributed by atoms with van der Waals surface area (Å²) in [6, 6.07) is 24.2. The fourth-order valence-electron chi connectivity index (χ4n) is 2.94. The van der Waals surface area contributed by atoms with Crippen molar-refractivity contribution in [1.29, 1.82) is 0 Å². The van der Waals surface area contributed by atoms with E-state index in [9.17, 15) is 9.18 Å². The first-order chi connectivity index (χ1) is 14.1. The molecule has 0 aliphatic rings. The SMILES string of the molecule is COc1ccc(-n2nc(-c3ccccc3)cc2C(=O)Nc2ccc(F)cc2)cc1. The third kappa shape index (κ3) is 4.01. The second-order valence-corrected chi connectivity index (χ2v) is 6.35. The van der Waals surface area contributed by atoms with Gasteiger partial charge in [-0.25, -0.2) is 9.07 Å². The first kappa shape index (κ1) is 18.4. The van der Waals surface area contributed by atoms with Gasteiger partial charge in [-0.2, -0.15) is 5.10 Å². The predicted molar refractivity (Wildman–Crippen MR) is 110 cm³/mol. The van der Waals surface area contributed by atoms with Gasteiger partial charge in [0.05, 0.1) is 18.5 Å². The highest BCUT2D eigenvalue weighted by atomic mass is 19.1. The number of nitrogens with one attached hydrogen (secondary N) is 1. The molecule has 4 rings (SSSR count). The maximum Gasteiger partial charge on any atom is 0.274 e. The number of carbonyl (C=O) groups is 1. The summed E-state index contributed by atoms with van der Waals surface area (Å²) in [5, 5.41) is 7.43. The smallest absolute Gasteiger partial charge is 0.274 e. The van der Waals surface area contributed by atoms with Crippen LogP contribution < -0.4 is 10.1 Å². The molecule has 0 radical (unpaired) electrons. The Hall–Kier alpha value is -3.93. The fraction of sp³-hybridized carbons (Fsp3) is 0.0435. The van der Waals surface area contributed by atoms with Crippen molar-refractivity contribution in [1.82, 2.24) is 9.78 Å². The molecule has 144 valence electrons. The number of aromatic nitrogens is 2. The molecule has 0 atom stereocenters. The molecule has 1 aromatic heterocycles. The lowest BCUT2D eigenvalue weighted by atomic mass is 10.1. The maximum atomic E-state index is 13.1. The van der Waals surface area contributed by atoms with Crippen molar-refractivity contribution in [3.63, 3.8) is 0 Å². The van der Waals surface area contributed by atoms with E-state index in [1.165, 1.54) is 24.3 Å². The number of methoxy groups -OCH3 is 1. The molecule has 1 amide bonds.